The van der Waals surface area contributed by atoms with E-state index in [0.29, 0.717) is 22.3 Å². The van der Waals surface area contributed by atoms with Gasteiger partial charge in [-0.15, -0.1) is 0 Å². The minimum atomic E-state index is -0.0789. The van der Waals surface area contributed by atoms with E-state index in [1.165, 1.54) is 4.90 Å². The summed E-state index contributed by atoms with van der Waals surface area (Å²) in [5, 5.41) is 3.73. The molecule has 0 aliphatic carbocycles. The van der Waals surface area contributed by atoms with Gasteiger partial charge >= 0.3 is 0 Å². The average molecular weight is 395 g/mol. The lowest BCUT2D eigenvalue weighted by Crippen LogP contribution is -3.15. The Kier molecular flexibility index (Phi) is 6.25. The first-order chi connectivity index (χ1) is 12.6. The average Bonchev–Trinajstić information content (AvgIpc) is 2.65. The van der Waals surface area contributed by atoms with Gasteiger partial charge in [-0.3, -0.25) is 4.79 Å². The van der Waals surface area contributed by atoms with Gasteiger partial charge in [0.1, 0.15) is 5.75 Å². The molecule has 3 rings (SSSR count). The van der Waals surface area contributed by atoms with Crippen LogP contribution in [0.2, 0.25) is 10.0 Å². The summed E-state index contributed by atoms with van der Waals surface area (Å²) in [6, 6.07) is 13.2. The number of carbonyl (C=O) groups is 1. The van der Waals surface area contributed by atoms with Gasteiger partial charge < -0.3 is 19.9 Å². The van der Waals surface area contributed by atoms with E-state index in [1.54, 1.807) is 25.3 Å². The van der Waals surface area contributed by atoms with E-state index in [2.05, 4.69) is 16.3 Å². The molecule has 2 aromatic rings. The third kappa shape index (κ3) is 4.61. The molecule has 1 heterocycles. The largest absolute Gasteiger partial charge is 0.497 e. The second kappa shape index (κ2) is 8.62. The summed E-state index contributed by atoms with van der Waals surface area (Å²) >= 11 is 12.2. The maximum atomic E-state index is 12.3. The molecule has 1 aliphatic heterocycles. The summed E-state index contributed by atoms with van der Waals surface area (Å²) in [5.74, 6) is 0.776. The van der Waals surface area contributed by atoms with Crippen molar-refractivity contribution in [3.8, 4) is 5.75 Å². The van der Waals surface area contributed by atoms with Crippen molar-refractivity contribution in [1.29, 1.82) is 0 Å². The number of nitrogens with one attached hydrogen (secondary N) is 2. The summed E-state index contributed by atoms with van der Waals surface area (Å²) in [6.45, 7) is 3.96. The first-order valence-electron chi connectivity index (χ1n) is 8.53. The van der Waals surface area contributed by atoms with E-state index in [9.17, 15) is 4.79 Å². The summed E-state index contributed by atoms with van der Waals surface area (Å²) in [6.07, 6.45) is 0. The molecule has 5 nitrogen and oxygen atoms in total. The Balaban J connectivity index is 1.53. The molecule has 1 fully saturated rings. The van der Waals surface area contributed by atoms with Crippen molar-refractivity contribution in [2.75, 3.05) is 50.1 Å². The topological polar surface area (TPSA) is 46.0 Å². The van der Waals surface area contributed by atoms with Crippen molar-refractivity contribution in [2.45, 2.75) is 0 Å². The predicted molar refractivity (Wildman–Crippen MR) is 106 cm³/mol. The Hall–Kier alpha value is -1.95. The SMILES string of the molecule is COc1cccc(N2CC[NH+](CC(=O)Nc3c(Cl)cccc3Cl)CC2)c1. The number of para-hydroxylation sites is 1. The van der Waals surface area contributed by atoms with Crippen LogP contribution < -0.4 is 19.9 Å². The van der Waals surface area contributed by atoms with Crippen LogP contribution in [0.25, 0.3) is 0 Å². The zero-order valence-corrected chi connectivity index (χ0v) is 16.1. The monoisotopic (exact) mass is 394 g/mol. The fraction of sp³-hybridized carbons (Fsp3) is 0.316. The van der Waals surface area contributed by atoms with Gasteiger partial charge in [-0.2, -0.15) is 0 Å². The molecule has 0 saturated carbocycles. The molecular weight excluding hydrogens is 373 g/mol. The number of anilines is 2. The molecule has 0 atom stereocenters. The molecule has 0 spiro atoms. The molecule has 138 valence electrons. The molecule has 1 saturated heterocycles. The molecule has 1 aliphatic rings. The summed E-state index contributed by atoms with van der Waals surface area (Å²) in [7, 11) is 1.67. The van der Waals surface area contributed by atoms with Crippen LogP contribution >= 0.6 is 23.2 Å². The number of nitrogens with zero attached hydrogens (tertiary/aromatic N) is 1. The van der Waals surface area contributed by atoms with Crippen molar-refractivity contribution >= 4 is 40.5 Å². The van der Waals surface area contributed by atoms with Gasteiger partial charge in [-0.25, -0.2) is 0 Å². The molecule has 0 radical (unpaired) electrons. The Morgan fingerprint density at radius 1 is 1.15 bits per heavy atom. The standard InChI is InChI=1S/C19H21Cl2N3O2/c1-26-15-5-2-4-14(12-15)24-10-8-23(9-11-24)13-18(25)22-19-16(20)6-3-7-17(19)21/h2-7,12H,8-11,13H2,1H3,(H,22,25)/p+1. The minimum absolute atomic E-state index is 0.0789. The van der Waals surface area contributed by atoms with E-state index < -0.39 is 0 Å². The second-order valence-electron chi connectivity index (χ2n) is 6.26. The molecule has 2 N–H and O–H groups in total. The number of piperazine rings is 1. The van der Waals surface area contributed by atoms with Crippen molar-refractivity contribution in [3.63, 3.8) is 0 Å². The van der Waals surface area contributed by atoms with Gasteiger partial charge in [0.15, 0.2) is 6.54 Å². The number of quaternary nitrogens is 1. The lowest BCUT2D eigenvalue weighted by atomic mass is 10.2. The van der Waals surface area contributed by atoms with Gasteiger partial charge in [-0.1, -0.05) is 35.3 Å². The molecule has 0 bridgehead atoms. The second-order valence-corrected chi connectivity index (χ2v) is 7.07. The fourth-order valence-corrected chi connectivity index (χ4v) is 3.58. The van der Waals surface area contributed by atoms with Gasteiger partial charge in [0.25, 0.3) is 5.91 Å². The number of benzene rings is 2. The highest BCUT2D eigenvalue weighted by Crippen LogP contribution is 2.29. The van der Waals surface area contributed by atoms with E-state index in [0.717, 1.165) is 37.6 Å². The van der Waals surface area contributed by atoms with Crippen molar-refractivity contribution in [3.05, 3.63) is 52.5 Å². The van der Waals surface area contributed by atoms with Crippen LogP contribution in [-0.2, 0) is 4.79 Å². The number of hydrogen-bond donors (Lipinski definition) is 2. The van der Waals surface area contributed by atoms with Crippen LogP contribution in [0, 0.1) is 0 Å². The molecule has 7 heteroatoms. The number of ether oxygens (including phenoxy) is 1. The van der Waals surface area contributed by atoms with E-state index in [4.69, 9.17) is 27.9 Å². The number of carbonyl (C=O) groups excluding carboxylic acids is 1. The fourth-order valence-electron chi connectivity index (χ4n) is 3.09. The minimum Gasteiger partial charge on any atom is -0.497 e. The summed E-state index contributed by atoms with van der Waals surface area (Å²) < 4.78 is 5.29. The Bertz CT molecular complexity index is 757. The third-order valence-electron chi connectivity index (χ3n) is 4.53. The number of halogens is 2. The molecule has 26 heavy (non-hydrogen) atoms. The summed E-state index contributed by atoms with van der Waals surface area (Å²) in [5.41, 5.74) is 1.63. The van der Waals surface area contributed by atoms with Gasteiger partial charge in [0, 0.05) is 11.8 Å². The third-order valence-corrected chi connectivity index (χ3v) is 5.16. The number of hydrogen-bond acceptors (Lipinski definition) is 3. The zero-order valence-electron chi connectivity index (χ0n) is 14.6. The molecule has 2 aromatic carbocycles. The van der Waals surface area contributed by atoms with Crippen LogP contribution in [-0.4, -0.2) is 45.7 Å². The summed E-state index contributed by atoms with van der Waals surface area (Å²) in [4.78, 5) is 15.9. The molecule has 1 amide bonds. The maximum Gasteiger partial charge on any atom is 0.279 e. The van der Waals surface area contributed by atoms with Crippen molar-refractivity contribution < 1.29 is 14.4 Å². The lowest BCUT2D eigenvalue weighted by Gasteiger charge is -2.33. The van der Waals surface area contributed by atoms with E-state index >= 15 is 0 Å². The van der Waals surface area contributed by atoms with Crippen LogP contribution in [0.1, 0.15) is 0 Å². The molecule has 0 unspecified atom stereocenters. The highest BCUT2D eigenvalue weighted by Gasteiger charge is 2.23. The Morgan fingerprint density at radius 3 is 2.46 bits per heavy atom. The Morgan fingerprint density at radius 2 is 1.81 bits per heavy atom. The smallest absolute Gasteiger partial charge is 0.279 e. The number of rotatable bonds is 5. The lowest BCUT2D eigenvalue weighted by molar-refractivity contribution is -0.892. The van der Waals surface area contributed by atoms with Crippen LogP contribution in [0.4, 0.5) is 11.4 Å². The molecule has 0 aromatic heterocycles. The predicted octanol–water partition coefficient (Wildman–Crippen LogP) is 2.35. The first-order valence-corrected chi connectivity index (χ1v) is 9.29. The van der Waals surface area contributed by atoms with E-state index in [1.807, 2.05) is 18.2 Å². The zero-order chi connectivity index (χ0) is 18.5. The van der Waals surface area contributed by atoms with Crippen molar-refractivity contribution in [1.82, 2.24) is 0 Å². The van der Waals surface area contributed by atoms with Crippen LogP contribution in [0.15, 0.2) is 42.5 Å². The number of methoxy groups -OCH3 is 1. The van der Waals surface area contributed by atoms with Crippen molar-refractivity contribution in [2.24, 2.45) is 0 Å². The van der Waals surface area contributed by atoms with Gasteiger partial charge in [0.2, 0.25) is 0 Å². The Labute approximate surface area is 163 Å². The quantitative estimate of drug-likeness (QED) is 0.817. The normalized spacial score (nSPS) is 15.0. The highest BCUT2D eigenvalue weighted by molar-refractivity contribution is 6.39. The van der Waals surface area contributed by atoms with Crippen LogP contribution in [0.3, 0.4) is 0 Å². The first kappa shape index (κ1) is 18.8. The number of amides is 1. The molecular formula is C19H22Cl2N3O2+. The maximum absolute atomic E-state index is 12.3. The van der Waals surface area contributed by atoms with E-state index in [-0.39, 0.29) is 5.91 Å². The van der Waals surface area contributed by atoms with Crippen LogP contribution in [0.5, 0.6) is 5.75 Å². The van der Waals surface area contributed by atoms with Gasteiger partial charge in [-0.05, 0) is 24.3 Å². The van der Waals surface area contributed by atoms with Gasteiger partial charge in [0.05, 0.1) is 49.0 Å². The highest BCUT2D eigenvalue weighted by atomic mass is 35.5.